The zero-order valence-corrected chi connectivity index (χ0v) is 10.1. The molecule has 0 fully saturated rings. The number of hydrogen-bond acceptors (Lipinski definition) is 2. The van der Waals surface area contributed by atoms with Crippen LogP contribution in [0.15, 0.2) is 36.4 Å². The molecule has 0 unspecified atom stereocenters. The van der Waals surface area contributed by atoms with Crippen molar-refractivity contribution >= 4 is 0 Å². The van der Waals surface area contributed by atoms with Crippen molar-refractivity contribution < 1.29 is 9.84 Å². The lowest BCUT2D eigenvalue weighted by Crippen LogP contribution is -2.00. The molecule has 0 spiro atoms. The Kier molecular flexibility index (Phi) is 5.06. The average Bonchev–Trinajstić information content (AvgIpc) is 2.35. The van der Waals surface area contributed by atoms with Crippen LogP contribution in [-0.2, 0) is 0 Å². The maximum atomic E-state index is 9.62. The smallest absolute Gasteiger partial charge is 0.119 e. The topological polar surface area (TPSA) is 29.5 Å². The molecule has 1 aromatic rings. The lowest BCUT2D eigenvalue weighted by Gasteiger charge is -2.10. The number of ether oxygens (including phenoxy) is 1. The molecular formula is C14H20O2. The highest BCUT2D eigenvalue weighted by Crippen LogP contribution is 2.20. The Morgan fingerprint density at radius 2 is 1.94 bits per heavy atom. The van der Waals surface area contributed by atoms with Crippen LogP contribution in [0.4, 0.5) is 0 Å². The van der Waals surface area contributed by atoms with E-state index >= 15 is 0 Å². The van der Waals surface area contributed by atoms with Crippen molar-refractivity contribution in [2.75, 3.05) is 6.61 Å². The predicted molar refractivity (Wildman–Crippen MR) is 66.6 cm³/mol. The van der Waals surface area contributed by atoms with Crippen LogP contribution in [0.5, 0.6) is 5.75 Å². The predicted octanol–water partition coefficient (Wildman–Crippen LogP) is 3.48. The fourth-order valence-electron chi connectivity index (χ4n) is 1.31. The zero-order valence-electron chi connectivity index (χ0n) is 10.1. The normalized spacial score (nSPS) is 12.2. The third-order valence-corrected chi connectivity index (χ3v) is 2.59. The third kappa shape index (κ3) is 3.70. The van der Waals surface area contributed by atoms with E-state index in [0.717, 1.165) is 29.7 Å². The molecule has 0 bridgehead atoms. The fourth-order valence-corrected chi connectivity index (χ4v) is 1.31. The van der Waals surface area contributed by atoms with Gasteiger partial charge in [-0.2, -0.15) is 0 Å². The van der Waals surface area contributed by atoms with Crippen LogP contribution in [0.2, 0.25) is 0 Å². The summed E-state index contributed by atoms with van der Waals surface area (Å²) < 4.78 is 5.55. The van der Waals surface area contributed by atoms with Crippen LogP contribution in [-0.4, -0.2) is 11.7 Å². The van der Waals surface area contributed by atoms with Gasteiger partial charge in [-0.15, -0.1) is 0 Å². The van der Waals surface area contributed by atoms with Crippen LogP contribution in [0.1, 0.15) is 38.4 Å². The molecule has 1 rings (SSSR count). The molecule has 0 saturated heterocycles. The van der Waals surface area contributed by atoms with Gasteiger partial charge >= 0.3 is 0 Å². The van der Waals surface area contributed by atoms with Gasteiger partial charge in [0.25, 0.3) is 0 Å². The molecule has 0 aliphatic heterocycles. The molecule has 0 aliphatic rings. The number of hydrogen-bond donors (Lipinski definition) is 1. The average molecular weight is 220 g/mol. The van der Waals surface area contributed by atoms with Gasteiger partial charge in [-0.25, -0.2) is 0 Å². The van der Waals surface area contributed by atoms with E-state index in [1.54, 1.807) is 0 Å². The molecule has 1 atom stereocenters. The van der Waals surface area contributed by atoms with Gasteiger partial charge < -0.3 is 9.84 Å². The highest BCUT2D eigenvalue weighted by Gasteiger charge is 2.04. The zero-order chi connectivity index (χ0) is 12.0. The van der Waals surface area contributed by atoms with Gasteiger partial charge in [-0.1, -0.05) is 32.6 Å². The van der Waals surface area contributed by atoms with E-state index in [1.165, 1.54) is 0 Å². The standard InChI is InChI=1S/C14H20O2/c1-4-11(3)10-16-13-8-6-12(7-9-13)14(15)5-2/h6-9,14-15H,3-5,10H2,1-2H3/t14-/m1/s1. The summed E-state index contributed by atoms with van der Waals surface area (Å²) in [4.78, 5) is 0. The molecule has 2 heteroatoms. The van der Waals surface area contributed by atoms with Gasteiger partial charge in [0, 0.05) is 0 Å². The van der Waals surface area contributed by atoms with E-state index in [1.807, 2.05) is 31.2 Å². The monoisotopic (exact) mass is 220 g/mol. The SMILES string of the molecule is C=C(CC)COc1ccc([C@H](O)CC)cc1. The molecule has 88 valence electrons. The minimum atomic E-state index is -0.375. The van der Waals surface area contributed by atoms with Crippen LogP contribution in [0, 0.1) is 0 Å². The van der Waals surface area contributed by atoms with Crippen molar-refractivity contribution in [3.63, 3.8) is 0 Å². The van der Waals surface area contributed by atoms with Crippen molar-refractivity contribution in [2.45, 2.75) is 32.8 Å². The molecule has 16 heavy (non-hydrogen) atoms. The van der Waals surface area contributed by atoms with Crippen molar-refractivity contribution in [1.82, 2.24) is 0 Å². The summed E-state index contributed by atoms with van der Waals surface area (Å²) in [7, 11) is 0. The van der Waals surface area contributed by atoms with E-state index in [9.17, 15) is 5.11 Å². The van der Waals surface area contributed by atoms with Gasteiger partial charge in [0.15, 0.2) is 0 Å². The number of rotatable bonds is 6. The molecule has 0 aliphatic carbocycles. The second kappa shape index (κ2) is 6.33. The summed E-state index contributed by atoms with van der Waals surface area (Å²) >= 11 is 0. The summed E-state index contributed by atoms with van der Waals surface area (Å²) in [5.74, 6) is 0.821. The Morgan fingerprint density at radius 1 is 1.31 bits per heavy atom. The minimum Gasteiger partial charge on any atom is -0.489 e. The number of aliphatic hydroxyl groups excluding tert-OH is 1. The van der Waals surface area contributed by atoms with E-state index in [-0.39, 0.29) is 6.10 Å². The summed E-state index contributed by atoms with van der Waals surface area (Å²) in [6, 6.07) is 7.57. The Hall–Kier alpha value is -1.28. The van der Waals surface area contributed by atoms with Gasteiger partial charge in [-0.3, -0.25) is 0 Å². The van der Waals surface area contributed by atoms with Gasteiger partial charge in [-0.05, 0) is 36.1 Å². The largest absolute Gasteiger partial charge is 0.489 e. The van der Waals surface area contributed by atoms with Crippen molar-refractivity contribution in [2.24, 2.45) is 0 Å². The number of aliphatic hydroxyl groups is 1. The van der Waals surface area contributed by atoms with E-state index in [0.29, 0.717) is 6.61 Å². The first-order valence-corrected chi connectivity index (χ1v) is 5.74. The van der Waals surface area contributed by atoms with Crippen molar-refractivity contribution in [1.29, 1.82) is 0 Å². The lowest BCUT2D eigenvalue weighted by atomic mass is 10.1. The van der Waals surface area contributed by atoms with Gasteiger partial charge in [0.1, 0.15) is 12.4 Å². The molecule has 0 amide bonds. The maximum Gasteiger partial charge on any atom is 0.119 e. The lowest BCUT2D eigenvalue weighted by molar-refractivity contribution is 0.173. The van der Waals surface area contributed by atoms with E-state index in [4.69, 9.17) is 4.74 Å². The first-order valence-electron chi connectivity index (χ1n) is 5.74. The highest BCUT2D eigenvalue weighted by atomic mass is 16.5. The summed E-state index contributed by atoms with van der Waals surface area (Å²) in [5.41, 5.74) is 2.02. The van der Waals surface area contributed by atoms with Crippen LogP contribution < -0.4 is 4.74 Å². The van der Waals surface area contributed by atoms with Crippen LogP contribution in [0.25, 0.3) is 0 Å². The molecular weight excluding hydrogens is 200 g/mol. The minimum absolute atomic E-state index is 0.375. The molecule has 2 nitrogen and oxygen atoms in total. The molecule has 0 aromatic heterocycles. The summed E-state index contributed by atoms with van der Waals surface area (Å²) in [6.45, 7) is 8.46. The first kappa shape index (κ1) is 12.8. The van der Waals surface area contributed by atoms with Crippen LogP contribution in [0.3, 0.4) is 0 Å². The summed E-state index contributed by atoms with van der Waals surface area (Å²) in [5, 5.41) is 9.62. The third-order valence-electron chi connectivity index (χ3n) is 2.59. The molecule has 1 aromatic carbocycles. The highest BCUT2D eigenvalue weighted by molar-refractivity contribution is 5.28. The Labute approximate surface area is 97.6 Å². The van der Waals surface area contributed by atoms with Crippen LogP contribution >= 0.6 is 0 Å². The number of benzene rings is 1. The summed E-state index contributed by atoms with van der Waals surface area (Å²) in [6.07, 6.45) is 1.29. The Morgan fingerprint density at radius 3 is 2.44 bits per heavy atom. The Balaban J connectivity index is 2.54. The second-order valence-corrected chi connectivity index (χ2v) is 3.89. The van der Waals surface area contributed by atoms with Gasteiger partial charge in [0.2, 0.25) is 0 Å². The van der Waals surface area contributed by atoms with E-state index in [2.05, 4.69) is 13.5 Å². The fraction of sp³-hybridized carbons (Fsp3) is 0.429. The molecule has 0 saturated carbocycles. The molecule has 1 N–H and O–H groups in total. The molecule has 0 radical (unpaired) electrons. The quantitative estimate of drug-likeness (QED) is 0.744. The van der Waals surface area contributed by atoms with Crippen molar-refractivity contribution in [3.8, 4) is 5.75 Å². The molecule has 0 heterocycles. The maximum absolute atomic E-state index is 9.62. The van der Waals surface area contributed by atoms with Gasteiger partial charge in [0.05, 0.1) is 6.10 Å². The Bertz CT molecular complexity index is 327. The second-order valence-electron chi connectivity index (χ2n) is 3.89. The van der Waals surface area contributed by atoms with Crippen molar-refractivity contribution in [3.05, 3.63) is 42.0 Å². The first-order chi connectivity index (χ1) is 7.67. The van der Waals surface area contributed by atoms with E-state index < -0.39 is 0 Å².